The number of thiocarbonyl (C=S) groups is 1. The van der Waals surface area contributed by atoms with Gasteiger partial charge in [-0.2, -0.15) is 0 Å². The highest BCUT2D eigenvalue weighted by atomic mass is 35.5. The van der Waals surface area contributed by atoms with Gasteiger partial charge in [0.1, 0.15) is 21.6 Å². The number of hydrogen-bond acceptors (Lipinski definition) is 5. The summed E-state index contributed by atoms with van der Waals surface area (Å²) in [6.45, 7) is 0.299. The summed E-state index contributed by atoms with van der Waals surface area (Å²) in [5, 5.41) is 0.987. The molecule has 4 rings (SSSR count). The van der Waals surface area contributed by atoms with Gasteiger partial charge in [0.25, 0.3) is 5.91 Å². The molecule has 0 saturated carbocycles. The van der Waals surface area contributed by atoms with Crippen molar-refractivity contribution in [1.82, 2.24) is 4.90 Å². The fraction of sp³-hybridized carbons (Fsp3) is 0.0526. The van der Waals surface area contributed by atoms with E-state index in [0.29, 0.717) is 48.7 Å². The molecule has 1 aliphatic rings. The summed E-state index contributed by atoms with van der Waals surface area (Å²) in [4.78, 5) is 14.6. The second-order valence-electron chi connectivity index (χ2n) is 5.65. The summed E-state index contributed by atoms with van der Waals surface area (Å²) >= 11 is 19.0. The Labute approximate surface area is 174 Å². The number of carbonyl (C=O) groups excluding carboxylic acids is 1. The Kier molecular flexibility index (Phi) is 5.14. The van der Waals surface area contributed by atoms with Gasteiger partial charge < -0.3 is 8.83 Å². The van der Waals surface area contributed by atoms with Crippen LogP contribution in [-0.4, -0.2) is 15.1 Å². The predicted octanol–water partition coefficient (Wildman–Crippen LogP) is 6.25. The molecule has 1 fully saturated rings. The van der Waals surface area contributed by atoms with Crippen LogP contribution in [0.25, 0.3) is 17.4 Å². The monoisotopic (exact) mass is 435 g/mol. The first kappa shape index (κ1) is 18.4. The van der Waals surface area contributed by atoms with Gasteiger partial charge in [0, 0.05) is 6.08 Å². The van der Waals surface area contributed by atoms with Crippen molar-refractivity contribution in [2.45, 2.75) is 6.54 Å². The molecule has 0 atom stereocenters. The fourth-order valence-corrected chi connectivity index (χ4v) is 4.44. The van der Waals surface area contributed by atoms with E-state index in [0.717, 1.165) is 0 Å². The minimum atomic E-state index is -0.185. The number of halogens is 2. The van der Waals surface area contributed by atoms with Gasteiger partial charge in [-0.15, -0.1) is 0 Å². The van der Waals surface area contributed by atoms with Gasteiger partial charge >= 0.3 is 0 Å². The van der Waals surface area contributed by atoms with Gasteiger partial charge in [0.15, 0.2) is 0 Å². The first-order chi connectivity index (χ1) is 13.0. The fourth-order valence-electron chi connectivity index (χ4n) is 2.62. The lowest BCUT2D eigenvalue weighted by Gasteiger charge is -2.11. The standard InChI is InChI=1S/C19H11Cl2NO3S2/c20-13-4-1-5-14(21)17(13)15-7-6-11(25-15)9-16-18(23)22(19(26)27-16)10-12-3-2-8-24-12/h1-9H,10H2/b16-9-. The number of benzene rings is 1. The molecular weight excluding hydrogens is 425 g/mol. The number of hydrogen-bond donors (Lipinski definition) is 0. The maximum absolute atomic E-state index is 12.7. The summed E-state index contributed by atoms with van der Waals surface area (Å²) in [6.07, 6.45) is 3.22. The summed E-state index contributed by atoms with van der Waals surface area (Å²) in [7, 11) is 0. The highest BCUT2D eigenvalue weighted by molar-refractivity contribution is 8.26. The van der Waals surface area contributed by atoms with Crippen molar-refractivity contribution in [2.24, 2.45) is 0 Å². The normalized spacial score (nSPS) is 15.9. The molecule has 0 unspecified atom stereocenters. The average Bonchev–Trinajstić information content (AvgIpc) is 3.35. The lowest BCUT2D eigenvalue weighted by atomic mass is 10.2. The molecule has 4 nitrogen and oxygen atoms in total. The second-order valence-corrected chi connectivity index (χ2v) is 8.14. The van der Waals surface area contributed by atoms with Gasteiger partial charge in [0.2, 0.25) is 0 Å². The molecule has 1 amide bonds. The zero-order valence-electron chi connectivity index (χ0n) is 13.6. The molecule has 1 aromatic carbocycles. The van der Waals surface area contributed by atoms with E-state index in [4.69, 9.17) is 44.3 Å². The van der Waals surface area contributed by atoms with Crippen LogP contribution in [0.4, 0.5) is 0 Å². The van der Waals surface area contributed by atoms with E-state index in [1.165, 1.54) is 16.7 Å². The molecule has 3 heterocycles. The molecule has 1 aliphatic heterocycles. The van der Waals surface area contributed by atoms with Gasteiger partial charge in [-0.3, -0.25) is 9.69 Å². The molecule has 2 aromatic heterocycles. The van der Waals surface area contributed by atoms with Crippen LogP contribution >= 0.6 is 47.2 Å². The van der Waals surface area contributed by atoms with Crippen LogP contribution in [0.1, 0.15) is 11.5 Å². The number of furan rings is 2. The maximum Gasteiger partial charge on any atom is 0.266 e. The van der Waals surface area contributed by atoms with Gasteiger partial charge in [-0.1, -0.05) is 53.2 Å². The number of amides is 1. The Hall–Kier alpha value is -1.99. The Bertz CT molecular complexity index is 1040. The van der Waals surface area contributed by atoms with E-state index < -0.39 is 0 Å². The van der Waals surface area contributed by atoms with E-state index in [-0.39, 0.29) is 5.91 Å². The molecule has 0 radical (unpaired) electrons. The van der Waals surface area contributed by atoms with E-state index >= 15 is 0 Å². The molecule has 27 heavy (non-hydrogen) atoms. The Morgan fingerprint density at radius 1 is 1.11 bits per heavy atom. The highest BCUT2D eigenvalue weighted by Gasteiger charge is 2.32. The maximum atomic E-state index is 12.7. The van der Waals surface area contributed by atoms with Gasteiger partial charge in [-0.05, 0) is 36.4 Å². The quantitative estimate of drug-likeness (QED) is 0.358. The Balaban J connectivity index is 1.59. The number of rotatable bonds is 4. The van der Waals surface area contributed by atoms with E-state index in [1.807, 2.05) is 0 Å². The highest BCUT2D eigenvalue weighted by Crippen LogP contribution is 2.37. The predicted molar refractivity (Wildman–Crippen MR) is 112 cm³/mol. The summed E-state index contributed by atoms with van der Waals surface area (Å²) < 4.78 is 11.6. The van der Waals surface area contributed by atoms with E-state index in [1.54, 1.807) is 54.8 Å². The number of thioether (sulfide) groups is 1. The zero-order valence-corrected chi connectivity index (χ0v) is 16.8. The molecule has 0 bridgehead atoms. The van der Waals surface area contributed by atoms with Crippen LogP contribution in [0.5, 0.6) is 0 Å². The number of nitrogens with zero attached hydrogens (tertiary/aromatic N) is 1. The third-order valence-electron chi connectivity index (χ3n) is 3.88. The minimum absolute atomic E-state index is 0.185. The minimum Gasteiger partial charge on any atom is -0.467 e. The van der Waals surface area contributed by atoms with Crippen molar-refractivity contribution in [3.8, 4) is 11.3 Å². The molecular formula is C19H11Cl2NO3S2. The Morgan fingerprint density at radius 2 is 1.89 bits per heavy atom. The topological polar surface area (TPSA) is 46.6 Å². The lowest BCUT2D eigenvalue weighted by Crippen LogP contribution is -2.27. The van der Waals surface area contributed by atoms with Crippen molar-refractivity contribution in [2.75, 3.05) is 0 Å². The van der Waals surface area contributed by atoms with Crippen molar-refractivity contribution in [1.29, 1.82) is 0 Å². The van der Waals surface area contributed by atoms with Crippen LogP contribution in [-0.2, 0) is 11.3 Å². The summed E-state index contributed by atoms with van der Waals surface area (Å²) in [6, 6.07) is 12.3. The average molecular weight is 436 g/mol. The summed E-state index contributed by atoms with van der Waals surface area (Å²) in [5.41, 5.74) is 0.617. The summed E-state index contributed by atoms with van der Waals surface area (Å²) in [5.74, 6) is 1.53. The van der Waals surface area contributed by atoms with Crippen LogP contribution in [0.15, 0.2) is 62.5 Å². The second kappa shape index (κ2) is 7.56. The largest absolute Gasteiger partial charge is 0.467 e. The van der Waals surface area contributed by atoms with E-state index in [2.05, 4.69) is 0 Å². The SMILES string of the molecule is O=C1/C(=C/c2ccc(-c3c(Cl)cccc3Cl)o2)SC(=S)N1Cc1ccco1. The van der Waals surface area contributed by atoms with Crippen molar-refractivity contribution < 1.29 is 13.6 Å². The van der Waals surface area contributed by atoms with Gasteiger partial charge in [-0.25, -0.2) is 0 Å². The first-order valence-electron chi connectivity index (χ1n) is 7.85. The molecule has 136 valence electrons. The molecule has 8 heteroatoms. The van der Waals surface area contributed by atoms with Crippen molar-refractivity contribution in [3.05, 3.63) is 75.2 Å². The van der Waals surface area contributed by atoms with Crippen LogP contribution in [0, 0.1) is 0 Å². The first-order valence-corrected chi connectivity index (χ1v) is 9.83. The van der Waals surface area contributed by atoms with E-state index in [9.17, 15) is 4.79 Å². The zero-order chi connectivity index (χ0) is 19.0. The smallest absolute Gasteiger partial charge is 0.266 e. The van der Waals surface area contributed by atoms with Gasteiger partial charge in [0.05, 0.1) is 33.3 Å². The van der Waals surface area contributed by atoms with Crippen LogP contribution in [0.2, 0.25) is 10.0 Å². The van der Waals surface area contributed by atoms with Crippen LogP contribution < -0.4 is 0 Å². The molecule has 0 aliphatic carbocycles. The lowest BCUT2D eigenvalue weighted by molar-refractivity contribution is -0.122. The molecule has 0 spiro atoms. The molecule has 3 aromatic rings. The number of carbonyl (C=O) groups is 1. The third kappa shape index (κ3) is 3.71. The van der Waals surface area contributed by atoms with Crippen LogP contribution in [0.3, 0.4) is 0 Å². The van der Waals surface area contributed by atoms with Crippen molar-refractivity contribution >= 4 is 63.5 Å². The Morgan fingerprint density at radius 3 is 2.59 bits per heavy atom. The molecule has 0 N–H and O–H groups in total. The van der Waals surface area contributed by atoms with Crippen molar-refractivity contribution in [3.63, 3.8) is 0 Å². The molecule has 1 saturated heterocycles. The third-order valence-corrected chi connectivity index (χ3v) is 5.88.